The predicted octanol–water partition coefficient (Wildman–Crippen LogP) is 2.79. The number of nitrogens with zero attached hydrogens (tertiary/aromatic N) is 2. The van der Waals surface area contributed by atoms with E-state index in [9.17, 15) is 19.2 Å². The van der Waals surface area contributed by atoms with Crippen molar-refractivity contribution < 1.29 is 23.9 Å². The van der Waals surface area contributed by atoms with Gasteiger partial charge >= 0.3 is 0 Å². The fraction of sp³-hybridized carbons (Fsp3) is 0.360. The lowest BCUT2D eigenvalue weighted by atomic mass is 10.0. The minimum absolute atomic E-state index is 0.0401. The van der Waals surface area contributed by atoms with Crippen molar-refractivity contribution in [1.29, 1.82) is 0 Å². The number of nitrogens with one attached hydrogen (secondary N) is 1. The van der Waals surface area contributed by atoms with Gasteiger partial charge in [-0.3, -0.25) is 24.1 Å². The number of hydrogen-bond acceptors (Lipinski definition) is 5. The number of benzene rings is 2. The lowest BCUT2D eigenvalue weighted by molar-refractivity contribution is -0.132. The summed E-state index contributed by atoms with van der Waals surface area (Å²) in [5, 5.41) is 2.99. The summed E-state index contributed by atoms with van der Waals surface area (Å²) in [5.74, 6) is -0.640. The summed E-state index contributed by atoms with van der Waals surface area (Å²) >= 11 is 0. The molecular formula is C25H27N3O5. The Morgan fingerprint density at radius 1 is 1.03 bits per heavy atom. The van der Waals surface area contributed by atoms with Crippen LogP contribution < -0.4 is 10.1 Å². The predicted molar refractivity (Wildman–Crippen MR) is 121 cm³/mol. The molecule has 8 heteroatoms. The van der Waals surface area contributed by atoms with E-state index in [1.807, 2.05) is 25.1 Å². The smallest absolute Gasteiger partial charge is 0.261 e. The van der Waals surface area contributed by atoms with Crippen molar-refractivity contribution in [2.75, 3.05) is 26.7 Å². The molecule has 1 unspecified atom stereocenters. The van der Waals surface area contributed by atoms with Crippen molar-refractivity contribution in [1.82, 2.24) is 15.1 Å². The molecule has 2 aliphatic heterocycles. The van der Waals surface area contributed by atoms with Gasteiger partial charge in [0.1, 0.15) is 5.75 Å². The van der Waals surface area contributed by atoms with Crippen LogP contribution in [0.3, 0.4) is 0 Å². The zero-order valence-corrected chi connectivity index (χ0v) is 18.8. The zero-order chi connectivity index (χ0) is 23.5. The van der Waals surface area contributed by atoms with Crippen LogP contribution in [0.2, 0.25) is 0 Å². The maximum absolute atomic E-state index is 13.0. The highest BCUT2D eigenvalue weighted by Crippen LogP contribution is 2.28. The van der Waals surface area contributed by atoms with Gasteiger partial charge in [-0.05, 0) is 43.5 Å². The summed E-state index contributed by atoms with van der Waals surface area (Å²) < 4.78 is 5.85. The largest absolute Gasteiger partial charge is 0.483 e. The minimum Gasteiger partial charge on any atom is -0.483 e. The minimum atomic E-state index is -0.418. The van der Waals surface area contributed by atoms with E-state index in [4.69, 9.17) is 4.74 Å². The Balaban J connectivity index is 1.48. The molecule has 2 aliphatic rings. The van der Waals surface area contributed by atoms with Crippen molar-refractivity contribution in [3.05, 3.63) is 64.7 Å². The van der Waals surface area contributed by atoms with Crippen molar-refractivity contribution in [2.45, 2.75) is 32.2 Å². The summed E-state index contributed by atoms with van der Waals surface area (Å²) in [6.07, 6.45) is 2.63. The van der Waals surface area contributed by atoms with Gasteiger partial charge < -0.3 is 15.0 Å². The molecule has 2 aromatic carbocycles. The Hall–Kier alpha value is -3.68. The van der Waals surface area contributed by atoms with E-state index in [1.54, 1.807) is 17.0 Å². The Morgan fingerprint density at radius 2 is 1.73 bits per heavy atom. The number of rotatable bonds is 7. The van der Waals surface area contributed by atoms with Gasteiger partial charge in [0.2, 0.25) is 0 Å². The molecule has 0 saturated carbocycles. The second kappa shape index (κ2) is 9.44. The van der Waals surface area contributed by atoms with Gasteiger partial charge in [0, 0.05) is 31.3 Å². The van der Waals surface area contributed by atoms with Gasteiger partial charge in [-0.1, -0.05) is 25.1 Å². The van der Waals surface area contributed by atoms with Crippen LogP contribution in [-0.4, -0.2) is 60.2 Å². The molecule has 1 N–H and O–H groups in total. The second-order valence-electron chi connectivity index (χ2n) is 8.28. The molecule has 33 heavy (non-hydrogen) atoms. The third kappa shape index (κ3) is 4.46. The number of likely N-dealkylation sites (tertiary alicyclic amines) is 1. The SMILES string of the molecule is CCC(NC(=O)c1ccc2c(c1)C(=O)N(C)C2=O)c1ccccc1OCC(=O)N1CCCC1. The van der Waals surface area contributed by atoms with Crippen molar-refractivity contribution in [2.24, 2.45) is 0 Å². The van der Waals surface area contributed by atoms with Gasteiger partial charge in [0.15, 0.2) is 6.61 Å². The van der Waals surface area contributed by atoms with E-state index in [1.165, 1.54) is 19.2 Å². The van der Waals surface area contributed by atoms with E-state index in [0.717, 1.165) is 36.4 Å². The quantitative estimate of drug-likeness (QED) is 0.656. The van der Waals surface area contributed by atoms with E-state index >= 15 is 0 Å². The van der Waals surface area contributed by atoms with Gasteiger partial charge in [-0.2, -0.15) is 0 Å². The van der Waals surface area contributed by atoms with E-state index in [-0.39, 0.29) is 35.9 Å². The Labute approximate surface area is 192 Å². The zero-order valence-electron chi connectivity index (χ0n) is 18.8. The molecule has 4 rings (SSSR count). The van der Waals surface area contributed by atoms with Crippen LogP contribution in [0.1, 0.15) is 68.9 Å². The Kier molecular flexibility index (Phi) is 6.44. The molecule has 1 fully saturated rings. The molecule has 4 amide bonds. The average molecular weight is 450 g/mol. The highest BCUT2D eigenvalue weighted by atomic mass is 16.5. The van der Waals surface area contributed by atoms with Crippen LogP contribution in [0, 0.1) is 0 Å². The first-order valence-corrected chi connectivity index (χ1v) is 11.2. The number of ether oxygens (including phenoxy) is 1. The molecular weight excluding hydrogens is 422 g/mol. The normalized spacial score (nSPS) is 16.1. The molecule has 172 valence electrons. The first-order chi connectivity index (χ1) is 15.9. The Bertz CT molecular complexity index is 1110. The highest BCUT2D eigenvalue weighted by Gasteiger charge is 2.33. The third-order valence-corrected chi connectivity index (χ3v) is 6.17. The number of carbonyl (C=O) groups excluding carboxylic acids is 4. The van der Waals surface area contributed by atoms with E-state index in [2.05, 4.69) is 5.32 Å². The molecule has 0 aromatic heterocycles. The van der Waals surface area contributed by atoms with Gasteiger partial charge in [-0.25, -0.2) is 0 Å². The number of amides is 4. The molecule has 1 atom stereocenters. The van der Waals surface area contributed by atoms with E-state index in [0.29, 0.717) is 23.3 Å². The molecule has 8 nitrogen and oxygen atoms in total. The number of fused-ring (bicyclic) bond motifs is 1. The van der Waals surface area contributed by atoms with Gasteiger partial charge in [-0.15, -0.1) is 0 Å². The average Bonchev–Trinajstić information content (AvgIpc) is 3.45. The first kappa shape index (κ1) is 22.5. The fourth-order valence-electron chi connectivity index (χ4n) is 4.24. The van der Waals surface area contributed by atoms with Gasteiger partial charge in [0.25, 0.3) is 23.6 Å². The maximum Gasteiger partial charge on any atom is 0.261 e. The summed E-state index contributed by atoms with van der Waals surface area (Å²) in [6.45, 7) is 3.43. The van der Waals surface area contributed by atoms with Crippen molar-refractivity contribution >= 4 is 23.6 Å². The first-order valence-electron chi connectivity index (χ1n) is 11.2. The second-order valence-corrected chi connectivity index (χ2v) is 8.28. The maximum atomic E-state index is 13.0. The number of carbonyl (C=O) groups is 4. The fourth-order valence-corrected chi connectivity index (χ4v) is 4.24. The van der Waals surface area contributed by atoms with Crippen LogP contribution in [0.15, 0.2) is 42.5 Å². The number of hydrogen-bond donors (Lipinski definition) is 1. The topological polar surface area (TPSA) is 96.0 Å². The number of para-hydroxylation sites is 1. The third-order valence-electron chi connectivity index (χ3n) is 6.17. The lowest BCUT2D eigenvalue weighted by Gasteiger charge is -2.22. The lowest BCUT2D eigenvalue weighted by Crippen LogP contribution is -2.32. The Morgan fingerprint density at radius 3 is 2.45 bits per heavy atom. The molecule has 1 saturated heterocycles. The number of imide groups is 1. The van der Waals surface area contributed by atoms with Crippen LogP contribution in [-0.2, 0) is 4.79 Å². The molecule has 2 heterocycles. The van der Waals surface area contributed by atoms with Crippen molar-refractivity contribution in [3.63, 3.8) is 0 Å². The van der Waals surface area contributed by atoms with Crippen LogP contribution in [0.25, 0.3) is 0 Å². The highest BCUT2D eigenvalue weighted by molar-refractivity contribution is 6.21. The van der Waals surface area contributed by atoms with Crippen molar-refractivity contribution in [3.8, 4) is 5.75 Å². The van der Waals surface area contributed by atoms with Crippen LogP contribution in [0.5, 0.6) is 5.75 Å². The molecule has 0 spiro atoms. The van der Waals surface area contributed by atoms with E-state index < -0.39 is 5.91 Å². The molecule has 0 bridgehead atoms. The monoisotopic (exact) mass is 449 g/mol. The molecule has 0 radical (unpaired) electrons. The summed E-state index contributed by atoms with van der Waals surface area (Å²) in [5.41, 5.74) is 1.60. The summed E-state index contributed by atoms with van der Waals surface area (Å²) in [4.78, 5) is 52.6. The standard InChI is InChI=1S/C25H27N3O5/c1-3-20(18-8-4-5-9-21(18)33-15-22(29)28-12-6-7-13-28)26-23(30)16-10-11-17-19(14-16)25(32)27(2)24(17)31/h4-5,8-11,14,20H,3,6-7,12-13,15H2,1-2H3,(H,26,30). The van der Waals surface area contributed by atoms with Gasteiger partial charge in [0.05, 0.1) is 17.2 Å². The summed E-state index contributed by atoms with van der Waals surface area (Å²) in [6, 6.07) is 11.5. The summed E-state index contributed by atoms with van der Waals surface area (Å²) in [7, 11) is 1.42. The molecule has 0 aliphatic carbocycles. The molecule has 2 aromatic rings. The van der Waals surface area contributed by atoms with Crippen LogP contribution >= 0.6 is 0 Å². The van der Waals surface area contributed by atoms with Crippen LogP contribution in [0.4, 0.5) is 0 Å².